The van der Waals surface area contributed by atoms with E-state index in [0.717, 1.165) is 32.8 Å². The fourth-order valence-corrected chi connectivity index (χ4v) is 2.44. The predicted octanol–water partition coefficient (Wildman–Crippen LogP) is 2.02. The number of piperidine rings is 1. The molecule has 4 heteroatoms. The zero-order valence-electron chi connectivity index (χ0n) is 11.6. The quantitative estimate of drug-likeness (QED) is 0.786. The fraction of sp³-hybridized carbons (Fsp3) is 0.786. The minimum Gasteiger partial charge on any atom is -0.379 e. The van der Waals surface area contributed by atoms with Crippen LogP contribution in [0.25, 0.3) is 0 Å². The summed E-state index contributed by atoms with van der Waals surface area (Å²) in [6.45, 7) is 9.13. The number of hydrogen-bond acceptors (Lipinski definition) is 3. The van der Waals surface area contributed by atoms with Crippen LogP contribution in [0.1, 0.15) is 38.3 Å². The van der Waals surface area contributed by atoms with Gasteiger partial charge in [-0.1, -0.05) is 13.8 Å². The first kappa shape index (κ1) is 13.6. The lowest BCUT2D eigenvalue weighted by Gasteiger charge is -2.23. The molecule has 102 valence electrons. The van der Waals surface area contributed by atoms with Crippen LogP contribution in [0.5, 0.6) is 0 Å². The summed E-state index contributed by atoms with van der Waals surface area (Å²) in [5.41, 5.74) is 1.36. The summed E-state index contributed by atoms with van der Waals surface area (Å²) < 4.78 is 7.89. The number of nitrogens with zero attached hydrogens (tertiary/aromatic N) is 2. The molecular formula is C14H25N3O. The predicted molar refractivity (Wildman–Crippen MR) is 72.7 cm³/mol. The molecular weight excluding hydrogens is 226 g/mol. The van der Waals surface area contributed by atoms with Crippen molar-refractivity contribution in [2.45, 2.75) is 39.2 Å². The molecule has 2 heterocycles. The van der Waals surface area contributed by atoms with Crippen LogP contribution in [0.4, 0.5) is 0 Å². The van der Waals surface area contributed by atoms with E-state index in [1.807, 2.05) is 12.5 Å². The summed E-state index contributed by atoms with van der Waals surface area (Å²) in [6, 6.07) is 0. The van der Waals surface area contributed by atoms with Gasteiger partial charge in [-0.15, -0.1) is 0 Å². The van der Waals surface area contributed by atoms with Crippen LogP contribution in [0, 0.1) is 5.92 Å². The monoisotopic (exact) mass is 251 g/mol. The molecule has 1 aromatic heterocycles. The third-order valence-corrected chi connectivity index (χ3v) is 3.39. The molecule has 0 aliphatic carbocycles. The Hall–Kier alpha value is -0.870. The van der Waals surface area contributed by atoms with Gasteiger partial charge < -0.3 is 14.6 Å². The topological polar surface area (TPSA) is 39.1 Å². The van der Waals surface area contributed by atoms with Crippen LogP contribution in [0.3, 0.4) is 0 Å². The van der Waals surface area contributed by atoms with Crippen molar-refractivity contribution in [1.29, 1.82) is 0 Å². The maximum Gasteiger partial charge on any atom is 0.0949 e. The van der Waals surface area contributed by atoms with Gasteiger partial charge in [0.15, 0.2) is 0 Å². The van der Waals surface area contributed by atoms with Gasteiger partial charge in [0, 0.05) is 37.5 Å². The zero-order chi connectivity index (χ0) is 12.8. The number of imidazole rings is 1. The Labute approximate surface area is 110 Å². The van der Waals surface area contributed by atoms with Crippen molar-refractivity contribution >= 4 is 0 Å². The molecule has 1 N–H and O–H groups in total. The highest BCUT2D eigenvalue weighted by Crippen LogP contribution is 2.22. The van der Waals surface area contributed by atoms with Gasteiger partial charge in [0.2, 0.25) is 0 Å². The molecule has 1 aliphatic rings. The van der Waals surface area contributed by atoms with Crippen molar-refractivity contribution < 1.29 is 4.74 Å². The van der Waals surface area contributed by atoms with Crippen molar-refractivity contribution in [2.75, 3.05) is 26.3 Å². The molecule has 4 nitrogen and oxygen atoms in total. The molecule has 1 aliphatic heterocycles. The van der Waals surface area contributed by atoms with Crippen LogP contribution < -0.4 is 5.32 Å². The number of aromatic nitrogens is 2. The van der Waals surface area contributed by atoms with E-state index in [1.165, 1.54) is 18.5 Å². The second kappa shape index (κ2) is 6.90. The molecule has 0 saturated carbocycles. The average molecular weight is 251 g/mol. The Balaban J connectivity index is 1.83. The van der Waals surface area contributed by atoms with Crippen molar-refractivity contribution in [1.82, 2.24) is 14.9 Å². The van der Waals surface area contributed by atoms with Crippen LogP contribution in [0.15, 0.2) is 12.5 Å². The normalized spacial score (nSPS) is 20.5. The molecule has 0 radical (unpaired) electrons. The first-order valence-corrected chi connectivity index (χ1v) is 7.06. The smallest absolute Gasteiger partial charge is 0.0949 e. The maximum atomic E-state index is 5.65. The Morgan fingerprint density at radius 3 is 3.17 bits per heavy atom. The second-order valence-electron chi connectivity index (χ2n) is 5.52. The standard InChI is InChI=1S/C14H25N3O/c1-12(2)10-18-7-6-17-11-16-9-14(17)13-4-3-5-15-8-13/h9,11-13,15H,3-8,10H2,1-2H3. The van der Waals surface area contributed by atoms with Gasteiger partial charge in [-0.05, 0) is 25.3 Å². The largest absolute Gasteiger partial charge is 0.379 e. The third-order valence-electron chi connectivity index (χ3n) is 3.39. The lowest BCUT2D eigenvalue weighted by molar-refractivity contribution is 0.102. The lowest BCUT2D eigenvalue weighted by atomic mass is 9.96. The summed E-state index contributed by atoms with van der Waals surface area (Å²) in [4.78, 5) is 4.29. The first-order chi connectivity index (χ1) is 8.77. The highest BCUT2D eigenvalue weighted by Gasteiger charge is 2.18. The van der Waals surface area contributed by atoms with E-state index >= 15 is 0 Å². The van der Waals surface area contributed by atoms with E-state index in [9.17, 15) is 0 Å². The van der Waals surface area contributed by atoms with Gasteiger partial charge in [-0.3, -0.25) is 0 Å². The summed E-state index contributed by atoms with van der Waals surface area (Å²) in [5, 5.41) is 3.46. The first-order valence-electron chi connectivity index (χ1n) is 7.06. The average Bonchev–Trinajstić information content (AvgIpc) is 2.84. The molecule has 1 saturated heterocycles. The number of nitrogens with one attached hydrogen (secondary N) is 1. The lowest BCUT2D eigenvalue weighted by Crippen LogP contribution is -2.29. The highest BCUT2D eigenvalue weighted by molar-refractivity contribution is 5.08. The molecule has 2 rings (SSSR count). The summed E-state index contributed by atoms with van der Waals surface area (Å²) in [7, 11) is 0. The van der Waals surface area contributed by atoms with E-state index in [2.05, 4.69) is 28.7 Å². The number of rotatable bonds is 6. The molecule has 0 aromatic carbocycles. The molecule has 1 atom stereocenters. The molecule has 1 unspecified atom stereocenters. The van der Waals surface area contributed by atoms with Gasteiger partial charge in [0.25, 0.3) is 0 Å². The van der Waals surface area contributed by atoms with Crippen LogP contribution >= 0.6 is 0 Å². The molecule has 0 amide bonds. The zero-order valence-corrected chi connectivity index (χ0v) is 11.6. The van der Waals surface area contributed by atoms with E-state index in [-0.39, 0.29) is 0 Å². The van der Waals surface area contributed by atoms with E-state index in [4.69, 9.17) is 4.74 Å². The Morgan fingerprint density at radius 1 is 1.56 bits per heavy atom. The van der Waals surface area contributed by atoms with Gasteiger partial charge in [0.05, 0.1) is 12.9 Å². The SMILES string of the molecule is CC(C)COCCn1cncc1C1CCCNC1. The maximum absolute atomic E-state index is 5.65. The fourth-order valence-electron chi connectivity index (χ4n) is 2.44. The minimum absolute atomic E-state index is 0.606. The Morgan fingerprint density at radius 2 is 2.44 bits per heavy atom. The third kappa shape index (κ3) is 3.82. The summed E-state index contributed by atoms with van der Waals surface area (Å²) in [6.07, 6.45) is 6.48. The molecule has 0 spiro atoms. The second-order valence-corrected chi connectivity index (χ2v) is 5.52. The van der Waals surface area contributed by atoms with Gasteiger partial charge in [0.1, 0.15) is 0 Å². The van der Waals surface area contributed by atoms with Gasteiger partial charge >= 0.3 is 0 Å². The van der Waals surface area contributed by atoms with Gasteiger partial charge in [-0.25, -0.2) is 4.98 Å². The summed E-state index contributed by atoms with van der Waals surface area (Å²) >= 11 is 0. The van der Waals surface area contributed by atoms with Crippen LogP contribution in [-0.4, -0.2) is 35.9 Å². The Bertz CT molecular complexity index is 343. The minimum atomic E-state index is 0.606. The molecule has 0 bridgehead atoms. The van der Waals surface area contributed by atoms with E-state index in [1.54, 1.807) is 0 Å². The van der Waals surface area contributed by atoms with Crippen molar-refractivity contribution in [3.05, 3.63) is 18.2 Å². The van der Waals surface area contributed by atoms with Crippen LogP contribution in [0.2, 0.25) is 0 Å². The molecule has 1 aromatic rings. The number of hydrogen-bond donors (Lipinski definition) is 1. The molecule has 1 fully saturated rings. The highest BCUT2D eigenvalue weighted by atomic mass is 16.5. The van der Waals surface area contributed by atoms with Crippen molar-refractivity contribution in [3.63, 3.8) is 0 Å². The van der Waals surface area contributed by atoms with Crippen molar-refractivity contribution in [2.24, 2.45) is 5.92 Å². The van der Waals surface area contributed by atoms with E-state index in [0.29, 0.717) is 11.8 Å². The van der Waals surface area contributed by atoms with Crippen molar-refractivity contribution in [3.8, 4) is 0 Å². The molecule has 18 heavy (non-hydrogen) atoms. The van der Waals surface area contributed by atoms with Gasteiger partial charge in [-0.2, -0.15) is 0 Å². The summed E-state index contributed by atoms with van der Waals surface area (Å²) in [5.74, 6) is 1.22. The Kier molecular flexibility index (Phi) is 5.20. The van der Waals surface area contributed by atoms with E-state index < -0.39 is 0 Å². The van der Waals surface area contributed by atoms with Crippen LogP contribution in [-0.2, 0) is 11.3 Å². The number of ether oxygens (including phenoxy) is 1.